The van der Waals surface area contributed by atoms with Gasteiger partial charge in [0.15, 0.2) is 5.82 Å². The Kier molecular flexibility index (Phi) is 7.64. The first kappa shape index (κ1) is 23.9. The van der Waals surface area contributed by atoms with Gasteiger partial charge in [-0.1, -0.05) is 6.92 Å². The van der Waals surface area contributed by atoms with Crippen LogP contribution in [0.15, 0.2) is 30.6 Å². The first-order valence-corrected chi connectivity index (χ1v) is 11.6. The predicted octanol–water partition coefficient (Wildman–Crippen LogP) is 3.75. The van der Waals surface area contributed by atoms with Crippen LogP contribution in [0.3, 0.4) is 0 Å². The summed E-state index contributed by atoms with van der Waals surface area (Å²) in [5.74, 6) is -1.66. The molecule has 32 heavy (non-hydrogen) atoms. The highest BCUT2D eigenvalue weighted by Gasteiger charge is 2.28. The molecule has 0 amide bonds. The third-order valence-corrected chi connectivity index (χ3v) is 6.22. The molecule has 1 atom stereocenters. The minimum atomic E-state index is -3.77. The average Bonchev–Trinajstić information content (AvgIpc) is 3.16. The van der Waals surface area contributed by atoms with Crippen LogP contribution in [-0.2, 0) is 19.5 Å². The molecule has 3 rings (SSSR count). The van der Waals surface area contributed by atoms with E-state index < -0.39 is 33.3 Å². The molecule has 0 aliphatic heterocycles. The van der Waals surface area contributed by atoms with Gasteiger partial charge in [0.1, 0.15) is 29.9 Å². The van der Waals surface area contributed by atoms with E-state index in [1.807, 2.05) is 0 Å². The number of nitrogens with zero attached hydrogens (tertiary/aromatic N) is 1. The standard InChI is InChI=1S/C21H25F2N3O5S/c1-4-9-32(27,28)26-17-6-5-16(22)18(19(17)23)20(30-3)15-12-25-21-14(15)10-13(11-24-21)31-8-7-29-2/h5-6,10-12,20,26H,4,7-9H2,1-3H3,(H,24,25). The molecule has 0 bridgehead atoms. The summed E-state index contributed by atoms with van der Waals surface area (Å²) in [6.07, 6.45) is 2.24. The molecule has 2 aromatic heterocycles. The number of rotatable bonds is 11. The summed E-state index contributed by atoms with van der Waals surface area (Å²) >= 11 is 0. The number of pyridine rings is 1. The molecule has 1 aromatic carbocycles. The molecule has 3 aromatic rings. The molecule has 0 aliphatic carbocycles. The number of fused-ring (bicyclic) bond motifs is 1. The van der Waals surface area contributed by atoms with E-state index >= 15 is 4.39 Å². The van der Waals surface area contributed by atoms with Crippen LogP contribution in [0.2, 0.25) is 0 Å². The number of aromatic amines is 1. The number of halogens is 2. The van der Waals surface area contributed by atoms with Gasteiger partial charge < -0.3 is 19.2 Å². The van der Waals surface area contributed by atoms with Gasteiger partial charge in [-0.15, -0.1) is 0 Å². The maximum Gasteiger partial charge on any atom is 0.232 e. The molecule has 8 nitrogen and oxygen atoms in total. The Hall–Kier alpha value is -2.76. The summed E-state index contributed by atoms with van der Waals surface area (Å²) in [5.41, 5.74) is 0.120. The molecule has 0 spiro atoms. The number of nitrogens with one attached hydrogen (secondary N) is 2. The molecule has 2 heterocycles. The Morgan fingerprint density at radius 3 is 2.69 bits per heavy atom. The fourth-order valence-corrected chi connectivity index (χ4v) is 4.45. The van der Waals surface area contributed by atoms with Crippen LogP contribution in [0, 0.1) is 11.6 Å². The van der Waals surface area contributed by atoms with Crippen LogP contribution in [-0.4, -0.2) is 51.6 Å². The number of sulfonamides is 1. The first-order chi connectivity index (χ1) is 15.3. The first-order valence-electron chi connectivity index (χ1n) is 9.91. The van der Waals surface area contributed by atoms with Crippen molar-refractivity contribution in [3.63, 3.8) is 0 Å². The lowest BCUT2D eigenvalue weighted by Gasteiger charge is -2.19. The molecule has 11 heteroatoms. The zero-order valence-electron chi connectivity index (χ0n) is 17.9. The molecular weight excluding hydrogens is 444 g/mol. The summed E-state index contributed by atoms with van der Waals surface area (Å²) in [7, 11) is -0.909. The maximum absolute atomic E-state index is 15.3. The largest absolute Gasteiger partial charge is 0.490 e. The summed E-state index contributed by atoms with van der Waals surface area (Å²) in [5, 5.41) is 0.544. The lowest BCUT2D eigenvalue weighted by Crippen LogP contribution is -2.18. The predicted molar refractivity (Wildman–Crippen MR) is 116 cm³/mol. The monoisotopic (exact) mass is 469 g/mol. The van der Waals surface area contributed by atoms with Gasteiger partial charge in [-0.05, 0) is 24.6 Å². The van der Waals surface area contributed by atoms with E-state index in [1.165, 1.54) is 19.5 Å². The van der Waals surface area contributed by atoms with E-state index in [-0.39, 0.29) is 11.4 Å². The number of benzene rings is 1. The maximum atomic E-state index is 15.3. The summed E-state index contributed by atoms with van der Waals surface area (Å²) in [4.78, 5) is 7.21. The van der Waals surface area contributed by atoms with E-state index in [0.29, 0.717) is 42.0 Å². The molecule has 0 saturated heterocycles. The van der Waals surface area contributed by atoms with Crippen molar-refractivity contribution in [2.45, 2.75) is 19.4 Å². The minimum Gasteiger partial charge on any atom is -0.490 e. The Morgan fingerprint density at radius 2 is 2.00 bits per heavy atom. The number of hydrogen-bond donors (Lipinski definition) is 2. The lowest BCUT2D eigenvalue weighted by molar-refractivity contribution is 0.130. The second-order valence-corrected chi connectivity index (χ2v) is 8.85. The van der Waals surface area contributed by atoms with Gasteiger partial charge in [-0.3, -0.25) is 4.72 Å². The SMILES string of the molecule is CCCS(=O)(=O)Nc1ccc(F)c(C(OC)c2c[nH]c3ncc(OCCOC)cc23)c1F. The number of anilines is 1. The summed E-state index contributed by atoms with van der Waals surface area (Å²) in [6.45, 7) is 2.38. The van der Waals surface area contributed by atoms with Crippen molar-refractivity contribution >= 4 is 26.7 Å². The molecule has 0 fully saturated rings. The average molecular weight is 470 g/mol. The van der Waals surface area contributed by atoms with Crippen molar-refractivity contribution in [2.24, 2.45) is 0 Å². The number of methoxy groups -OCH3 is 2. The lowest BCUT2D eigenvalue weighted by atomic mass is 9.99. The van der Waals surface area contributed by atoms with Gasteiger partial charge in [-0.2, -0.15) is 0 Å². The molecule has 1 unspecified atom stereocenters. The molecule has 2 N–H and O–H groups in total. The Bertz CT molecular complexity index is 1180. The van der Waals surface area contributed by atoms with Gasteiger partial charge >= 0.3 is 0 Å². The highest BCUT2D eigenvalue weighted by Crippen LogP contribution is 2.37. The smallest absolute Gasteiger partial charge is 0.232 e. The van der Waals surface area contributed by atoms with Crippen molar-refractivity contribution in [3.05, 3.63) is 53.4 Å². The van der Waals surface area contributed by atoms with Crippen LogP contribution in [0.25, 0.3) is 11.0 Å². The van der Waals surface area contributed by atoms with E-state index in [0.717, 1.165) is 12.1 Å². The van der Waals surface area contributed by atoms with E-state index in [2.05, 4.69) is 14.7 Å². The Morgan fingerprint density at radius 1 is 1.22 bits per heavy atom. The number of hydrogen-bond acceptors (Lipinski definition) is 6. The number of ether oxygens (including phenoxy) is 3. The second kappa shape index (κ2) is 10.2. The number of aromatic nitrogens is 2. The zero-order valence-corrected chi connectivity index (χ0v) is 18.8. The van der Waals surface area contributed by atoms with Crippen molar-refractivity contribution in [3.8, 4) is 5.75 Å². The fourth-order valence-electron chi connectivity index (χ4n) is 3.32. The van der Waals surface area contributed by atoms with Gasteiger partial charge in [0.2, 0.25) is 10.0 Å². The highest BCUT2D eigenvalue weighted by molar-refractivity contribution is 7.92. The summed E-state index contributed by atoms with van der Waals surface area (Å²) in [6, 6.07) is 3.73. The highest BCUT2D eigenvalue weighted by atomic mass is 32.2. The van der Waals surface area contributed by atoms with Gasteiger partial charge in [0.25, 0.3) is 0 Å². The minimum absolute atomic E-state index is 0.188. The second-order valence-electron chi connectivity index (χ2n) is 7.01. The van der Waals surface area contributed by atoms with Crippen molar-refractivity contribution in [1.29, 1.82) is 0 Å². The van der Waals surface area contributed by atoms with Crippen LogP contribution >= 0.6 is 0 Å². The third-order valence-electron chi connectivity index (χ3n) is 4.74. The van der Waals surface area contributed by atoms with Crippen molar-refractivity contribution in [2.75, 3.05) is 37.9 Å². The zero-order chi connectivity index (χ0) is 23.3. The quantitative estimate of drug-likeness (QED) is 0.415. The van der Waals surface area contributed by atoms with Crippen LogP contribution in [0.4, 0.5) is 14.5 Å². The van der Waals surface area contributed by atoms with Crippen LogP contribution in [0.1, 0.15) is 30.6 Å². The molecular formula is C21H25F2N3O5S. The molecule has 174 valence electrons. The van der Waals surface area contributed by atoms with E-state index in [4.69, 9.17) is 14.2 Å². The van der Waals surface area contributed by atoms with Crippen LogP contribution < -0.4 is 9.46 Å². The summed E-state index contributed by atoms with van der Waals surface area (Å²) < 4.78 is 72.4. The van der Waals surface area contributed by atoms with Gasteiger partial charge in [0, 0.05) is 31.4 Å². The van der Waals surface area contributed by atoms with Gasteiger partial charge in [0.05, 0.1) is 29.8 Å². The van der Waals surface area contributed by atoms with Crippen molar-refractivity contribution < 1.29 is 31.4 Å². The topological polar surface area (TPSA) is 103 Å². The third kappa shape index (κ3) is 5.17. The van der Waals surface area contributed by atoms with Crippen LogP contribution in [0.5, 0.6) is 5.75 Å². The van der Waals surface area contributed by atoms with Gasteiger partial charge in [-0.25, -0.2) is 22.2 Å². The number of H-pyrrole nitrogens is 1. The normalized spacial score (nSPS) is 12.8. The van der Waals surface area contributed by atoms with E-state index in [9.17, 15) is 12.8 Å². The molecule has 0 saturated carbocycles. The fraction of sp³-hybridized carbons (Fsp3) is 0.381. The van der Waals surface area contributed by atoms with Crippen molar-refractivity contribution in [1.82, 2.24) is 9.97 Å². The molecule has 0 aliphatic rings. The molecule has 0 radical (unpaired) electrons. The Balaban J connectivity index is 2.04. The Labute approximate surface area is 185 Å². The van der Waals surface area contributed by atoms with E-state index in [1.54, 1.807) is 20.1 Å².